The Morgan fingerprint density at radius 1 is 1.12 bits per heavy atom. The van der Waals surface area contributed by atoms with Crippen molar-refractivity contribution in [1.82, 2.24) is 5.32 Å². The molecule has 2 heteroatoms. The monoisotopic (exact) mass is 245 g/mol. The number of benzene rings is 2. The summed E-state index contributed by atoms with van der Waals surface area (Å²) in [4.78, 5) is 0. The number of rotatable bonds is 4. The summed E-state index contributed by atoms with van der Waals surface area (Å²) < 4.78 is 0. The minimum atomic E-state index is 0.401. The Balaban J connectivity index is 2.40. The van der Waals surface area contributed by atoms with Crippen molar-refractivity contribution in [1.29, 1.82) is 0 Å². The largest absolute Gasteiger partial charge is 0.313 e. The zero-order valence-electron chi connectivity index (χ0n) is 10.4. The van der Waals surface area contributed by atoms with Crippen molar-refractivity contribution in [2.45, 2.75) is 19.4 Å². The first-order chi connectivity index (χ1) is 8.24. The van der Waals surface area contributed by atoms with Gasteiger partial charge in [-0.05, 0) is 48.5 Å². The molecule has 0 saturated carbocycles. The second kappa shape index (κ2) is 5.56. The van der Waals surface area contributed by atoms with Crippen LogP contribution in [0.2, 0.25) is 0 Å². The fourth-order valence-electron chi connectivity index (χ4n) is 2.21. The highest BCUT2D eigenvalue weighted by Gasteiger charge is 2.08. The molecule has 2 rings (SSSR count). The standard InChI is InChI=1S/C15H19NS/c1-11-3-4-13-10-14(6-5-12(13)9-11)15(16-2)7-8-17/h3-6,9-10,15-17H,7-8H2,1-2H3. The maximum absolute atomic E-state index is 4.31. The van der Waals surface area contributed by atoms with Crippen molar-refractivity contribution in [3.63, 3.8) is 0 Å². The first kappa shape index (κ1) is 12.5. The number of thiol groups is 1. The topological polar surface area (TPSA) is 12.0 Å². The Hall–Kier alpha value is -0.990. The highest BCUT2D eigenvalue weighted by Crippen LogP contribution is 2.23. The van der Waals surface area contributed by atoms with Crippen molar-refractivity contribution in [3.05, 3.63) is 47.5 Å². The van der Waals surface area contributed by atoms with Gasteiger partial charge in [0.05, 0.1) is 0 Å². The van der Waals surface area contributed by atoms with Gasteiger partial charge in [-0.25, -0.2) is 0 Å². The third-order valence-corrected chi connectivity index (χ3v) is 3.45. The minimum absolute atomic E-state index is 0.401. The van der Waals surface area contributed by atoms with Gasteiger partial charge in [-0.1, -0.05) is 35.9 Å². The molecule has 2 aromatic rings. The van der Waals surface area contributed by atoms with E-state index in [4.69, 9.17) is 0 Å². The van der Waals surface area contributed by atoms with Crippen LogP contribution < -0.4 is 5.32 Å². The summed E-state index contributed by atoms with van der Waals surface area (Å²) in [5.41, 5.74) is 2.66. The normalized spacial score (nSPS) is 12.9. The Morgan fingerprint density at radius 3 is 2.53 bits per heavy atom. The molecule has 2 aromatic carbocycles. The van der Waals surface area contributed by atoms with Crippen LogP contribution >= 0.6 is 12.6 Å². The van der Waals surface area contributed by atoms with Gasteiger partial charge in [-0.3, -0.25) is 0 Å². The fraction of sp³-hybridized carbons (Fsp3) is 0.333. The molecule has 1 nitrogen and oxygen atoms in total. The highest BCUT2D eigenvalue weighted by atomic mass is 32.1. The predicted octanol–water partition coefficient (Wildman–Crippen LogP) is 3.73. The number of hydrogen-bond donors (Lipinski definition) is 2. The number of hydrogen-bond acceptors (Lipinski definition) is 2. The molecule has 0 aliphatic carbocycles. The lowest BCUT2D eigenvalue weighted by Gasteiger charge is -2.16. The molecule has 0 aliphatic rings. The predicted molar refractivity (Wildman–Crippen MR) is 79.0 cm³/mol. The maximum Gasteiger partial charge on any atom is 0.0325 e. The van der Waals surface area contributed by atoms with Gasteiger partial charge in [0.25, 0.3) is 0 Å². The Labute approximate surface area is 109 Å². The molecule has 0 aromatic heterocycles. The van der Waals surface area contributed by atoms with E-state index in [9.17, 15) is 0 Å². The van der Waals surface area contributed by atoms with Crippen molar-refractivity contribution < 1.29 is 0 Å². The van der Waals surface area contributed by atoms with Crippen molar-refractivity contribution in [3.8, 4) is 0 Å². The Morgan fingerprint density at radius 2 is 1.82 bits per heavy atom. The van der Waals surface area contributed by atoms with Crippen LogP contribution in [0, 0.1) is 6.92 Å². The van der Waals surface area contributed by atoms with Crippen molar-refractivity contribution >= 4 is 23.4 Å². The quantitative estimate of drug-likeness (QED) is 0.782. The molecular weight excluding hydrogens is 226 g/mol. The summed E-state index contributed by atoms with van der Waals surface area (Å²) in [5, 5.41) is 5.97. The van der Waals surface area contributed by atoms with Crippen LogP contribution in [-0.2, 0) is 0 Å². The molecule has 1 N–H and O–H groups in total. The van der Waals surface area contributed by atoms with Gasteiger partial charge >= 0.3 is 0 Å². The summed E-state index contributed by atoms with van der Waals surface area (Å²) >= 11 is 4.31. The van der Waals surface area contributed by atoms with Crippen LogP contribution in [0.4, 0.5) is 0 Å². The van der Waals surface area contributed by atoms with Gasteiger partial charge in [-0.15, -0.1) is 0 Å². The SMILES string of the molecule is CNC(CCS)c1ccc2cc(C)ccc2c1. The molecule has 0 aliphatic heterocycles. The zero-order valence-corrected chi connectivity index (χ0v) is 11.3. The van der Waals surface area contributed by atoms with Gasteiger partial charge in [0.1, 0.15) is 0 Å². The smallest absolute Gasteiger partial charge is 0.0325 e. The molecule has 0 amide bonds. The number of aryl methyl sites for hydroxylation is 1. The van der Waals surface area contributed by atoms with Gasteiger partial charge < -0.3 is 5.32 Å². The van der Waals surface area contributed by atoms with E-state index in [0.717, 1.165) is 12.2 Å². The van der Waals surface area contributed by atoms with Gasteiger partial charge in [0.2, 0.25) is 0 Å². The van der Waals surface area contributed by atoms with Gasteiger partial charge in [0.15, 0.2) is 0 Å². The van der Waals surface area contributed by atoms with Gasteiger partial charge in [-0.2, -0.15) is 12.6 Å². The molecule has 0 bridgehead atoms. The second-order valence-corrected chi connectivity index (χ2v) is 4.91. The lowest BCUT2D eigenvalue weighted by molar-refractivity contribution is 0.582. The summed E-state index contributed by atoms with van der Waals surface area (Å²) in [6, 6.07) is 13.7. The van der Waals surface area contributed by atoms with Crippen molar-refractivity contribution in [2.24, 2.45) is 0 Å². The van der Waals surface area contributed by atoms with Crippen LogP contribution in [0.25, 0.3) is 10.8 Å². The molecular formula is C15H19NS. The first-order valence-corrected chi connectivity index (χ1v) is 6.66. The average Bonchev–Trinajstić information content (AvgIpc) is 2.35. The first-order valence-electron chi connectivity index (χ1n) is 6.03. The average molecular weight is 245 g/mol. The summed E-state index contributed by atoms with van der Waals surface area (Å²) in [7, 11) is 2.01. The Kier molecular flexibility index (Phi) is 4.08. The third kappa shape index (κ3) is 2.82. The number of nitrogens with one attached hydrogen (secondary N) is 1. The van der Waals surface area contributed by atoms with E-state index >= 15 is 0 Å². The van der Waals surface area contributed by atoms with Crippen LogP contribution in [0.3, 0.4) is 0 Å². The lowest BCUT2D eigenvalue weighted by atomic mass is 9.99. The molecule has 0 spiro atoms. The van der Waals surface area contributed by atoms with E-state index in [1.54, 1.807) is 0 Å². The summed E-state index contributed by atoms with van der Waals surface area (Å²) in [6.45, 7) is 2.13. The lowest BCUT2D eigenvalue weighted by Crippen LogP contribution is -2.16. The number of fused-ring (bicyclic) bond motifs is 1. The van der Waals surface area contributed by atoms with Crippen LogP contribution in [0.5, 0.6) is 0 Å². The fourth-order valence-corrected chi connectivity index (χ4v) is 2.47. The molecule has 90 valence electrons. The van der Waals surface area contributed by atoms with E-state index in [1.807, 2.05) is 7.05 Å². The van der Waals surface area contributed by atoms with E-state index in [-0.39, 0.29) is 0 Å². The van der Waals surface area contributed by atoms with E-state index in [0.29, 0.717) is 6.04 Å². The highest BCUT2D eigenvalue weighted by molar-refractivity contribution is 7.80. The van der Waals surface area contributed by atoms with Crippen LogP contribution in [0.1, 0.15) is 23.6 Å². The van der Waals surface area contributed by atoms with Crippen LogP contribution in [-0.4, -0.2) is 12.8 Å². The third-order valence-electron chi connectivity index (χ3n) is 3.19. The minimum Gasteiger partial charge on any atom is -0.313 e. The molecule has 0 saturated heterocycles. The Bertz CT molecular complexity index is 507. The molecule has 1 unspecified atom stereocenters. The molecule has 17 heavy (non-hydrogen) atoms. The molecule has 0 radical (unpaired) electrons. The second-order valence-electron chi connectivity index (χ2n) is 4.46. The van der Waals surface area contributed by atoms with Crippen molar-refractivity contribution in [2.75, 3.05) is 12.8 Å². The molecule has 0 fully saturated rings. The van der Waals surface area contributed by atoms with Gasteiger partial charge in [0, 0.05) is 6.04 Å². The van der Waals surface area contributed by atoms with E-state index < -0.39 is 0 Å². The van der Waals surface area contributed by atoms with E-state index in [2.05, 4.69) is 61.3 Å². The summed E-state index contributed by atoms with van der Waals surface area (Å²) in [5.74, 6) is 0.900. The maximum atomic E-state index is 4.31. The summed E-state index contributed by atoms with van der Waals surface area (Å²) in [6.07, 6.45) is 1.05. The molecule has 1 atom stereocenters. The zero-order chi connectivity index (χ0) is 12.3. The molecule has 0 heterocycles. The van der Waals surface area contributed by atoms with E-state index in [1.165, 1.54) is 21.9 Å². The van der Waals surface area contributed by atoms with Crippen LogP contribution in [0.15, 0.2) is 36.4 Å².